The van der Waals surface area contributed by atoms with Crippen molar-refractivity contribution in [1.82, 2.24) is 19.7 Å². The zero-order valence-electron chi connectivity index (χ0n) is 16.5. The van der Waals surface area contributed by atoms with Crippen LogP contribution in [0.1, 0.15) is 50.0 Å². The lowest BCUT2D eigenvalue weighted by Crippen LogP contribution is -2.48. The van der Waals surface area contributed by atoms with Gasteiger partial charge in [0, 0.05) is 44.8 Å². The quantitative estimate of drug-likeness (QED) is 0.818. The van der Waals surface area contributed by atoms with Gasteiger partial charge in [0.05, 0.1) is 0 Å². The van der Waals surface area contributed by atoms with Crippen LogP contribution in [0.25, 0.3) is 0 Å². The van der Waals surface area contributed by atoms with Gasteiger partial charge in [0.2, 0.25) is 11.8 Å². The molecule has 1 saturated carbocycles. The summed E-state index contributed by atoms with van der Waals surface area (Å²) in [5, 5.41) is 3.08. The van der Waals surface area contributed by atoms with Crippen LogP contribution >= 0.6 is 0 Å². The molecule has 0 spiro atoms. The Bertz CT molecular complexity index is 706. The third kappa shape index (κ3) is 3.87. The fraction of sp³-hybridized carbons (Fsp3) is 0.650. The molecule has 3 amide bonds. The lowest BCUT2D eigenvalue weighted by Gasteiger charge is -2.28. The molecule has 1 saturated heterocycles. The van der Waals surface area contributed by atoms with E-state index in [9.17, 15) is 14.4 Å². The van der Waals surface area contributed by atoms with Crippen molar-refractivity contribution in [3.63, 3.8) is 0 Å². The summed E-state index contributed by atoms with van der Waals surface area (Å²) < 4.78 is 1.77. The summed E-state index contributed by atoms with van der Waals surface area (Å²) in [6.07, 6.45) is 5.27. The monoisotopic (exact) mass is 374 g/mol. The number of rotatable bonds is 6. The molecule has 2 atom stereocenters. The minimum Gasteiger partial charge on any atom is -0.351 e. The molecule has 7 nitrogen and oxygen atoms in total. The Kier molecular flexibility index (Phi) is 5.87. The van der Waals surface area contributed by atoms with Gasteiger partial charge in [-0.05, 0) is 45.2 Å². The van der Waals surface area contributed by atoms with E-state index in [1.165, 1.54) is 0 Å². The Balaban J connectivity index is 1.78. The van der Waals surface area contributed by atoms with Crippen LogP contribution in [0.5, 0.6) is 0 Å². The third-order valence-corrected chi connectivity index (χ3v) is 5.91. The lowest BCUT2D eigenvalue weighted by molar-refractivity contribution is -0.135. The molecule has 1 aromatic heterocycles. The standard InChI is InChI=1S/C20H30N4O3/c1-4-23(5-2)19(26)17-12-15(21-18(25)14-8-6-9-14)13-24(17)20(27)16-10-7-11-22(16)3/h7,10-11,14-15,17H,4-6,8-9,12-13H2,1-3H3,(H,21,25). The van der Waals surface area contributed by atoms with E-state index in [1.54, 1.807) is 20.4 Å². The molecule has 0 aromatic carbocycles. The van der Waals surface area contributed by atoms with Crippen LogP contribution in [0, 0.1) is 5.92 Å². The average Bonchev–Trinajstić information content (AvgIpc) is 3.20. The summed E-state index contributed by atoms with van der Waals surface area (Å²) in [4.78, 5) is 41.9. The summed E-state index contributed by atoms with van der Waals surface area (Å²) in [6.45, 7) is 5.47. The second-order valence-corrected chi connectivity index (χ2v) is 7.56. The lowest BCUT2D eigenvalue weighted by atomic mass is 9.84. The molecule has 2 aliphatic rings. The maximum atomic E-state index is 13.1. The van der Waals surface area contributed by atoms with E-state index in [4.69, 9.17) is 0 Å². The minimum absolute atomic E-state index is 0.0389. The van der Waals surface area contributed by atoms with Crippen molar-refractivity contribution in [2.75, 3.05) is 19.6 Å². The average molecular weight is 374 g/mol. The molecule has 3 rings (SSSR count). The van der Waals surface area contributed by atoms with E-state index in [-0.39, 0.29) is 29.7 Å². The van der Waals surface area contributed by atoms with E-state index in [0.29, 0.717) is 31.7 Å². The van der Waals surface area contributed by atoms with Crippen molar-refractivity contribution in [1.29, 1.82) is 0 Å². The Hall–Kier alpha value is -2.31. The topological polar surface area (TPSA) is 74.7 Å². The Morgan fingerprint density at radius 2 is 1.93 bits per heavy atom. The van der Waals surface area contributed by atoms with Crippen molar-refractivity contribution in [3.05, 3.63) is 24.0 Å². The zero-order chi connectivity index (χ0) is 19.6. The first-order valence-corrected chi connectivity index (χ1v) is 9.97. The van der Waals surface area contributed by atoms with Crippen LogP contribution in [0.15, 0.2) is 18.3 Å². The predicted molar refractivity (Wildman–Crippen MR) is 102 cm³/mol. The van der Waals surface area contributed by atoms with Gasteiger partial charge in [0.25, 0.3) is 5.91 Å². The summed E-state index contributed by atoms with van der Waals surface area (Å²) in [6, 6.07) is 2.88. The van der Waals surface area contributed by atoms with E-state index >= 15 is 0 Å². The molecule has 2 fully saturated rings. The highest BCUT2D eigenvalue weighted by Crippen LogP contribution is 2.28. The van der Waals surface area contributed by atoms with Crippen LogP contribution in [0.4, 0.5) is 0 Å². The van der Waals surface area contributed by atoms with Crippen LogP contribution in [0.2, 0.25) is 0 Å². The Morgan fingerprint density at radius 3 is 2.44 bits per heavy atom. The predicted octanol–water partition coefficient (Wildman–Crippen LogP) is 1.39. The SMILES string of the molecule is CCN(CC)C(=O)C1CC(NC(=O)C2CCC2)CN1C(=O)c1cccn1C. The van der Waals surface area contributed by atoms with Gasteiger partial charge in [-0.1, -0.05) is 6.42 Å². The summed E-state index contributed by atoms with van der Waals surface area (Å²) in [5.41, 5.74) is 0.554. The van der Waals surface area contributed by atoms with Gasteiger partial charge >= 0.3 is 0 Å². The number of aromatic nitrogens is 1. The molecule has 1 N–H and O–H groups in total. The number of hydrogen-bond acceptors (Lipinski definition) is 3. The molecule has 27 heavy (non-hydrogen) atoms. The van der Waals surface area contributed by atoms with Crippen molar-refractivity contribution in [2.24, 2.45) is 13.0 Å². The maximum Gasteiger partial charge on any atom is 0.271 e. The summed E-state index contributed by atoms with van der Waals surface area (Å²) in [5.74, 6) is -0.0376. The number of nitrogens with zero attached hydrogens (tertiary/aromatic N) is 3. The van der Waals surface area contributed by atoms with Gasteiger partial charge in [-0.3, -0.25) is 14.4 Å². The Morgan fingerprint density at radius 1 is 1.22 bits per heavy atom. The Labute approximate surface area is 160 Å². The number of hydrogen-bond donors (Lipinski definition) is 1. The van der Waals surface area contributed by atoms with Crippen molar-refractivity contribution < 1.29 is 14.4 Å². The highest BCUT2D eigenvalue weighted by atomic mass is 16.2. The van der Waals surface area contributed by atoms with Crippen LogP contribution < -0.4 is 5.32 Å². The van der Waals surface area contributed by atoms with Gasteiger partial charge in [0.15, 0.2) is 0 Å². The van der Waals surface area contributed by atoms with Crippen LogP contribution in [-0.4, -0.2) is 63.8 Å². The first-order valence-electron chi connectivity index (χ1n) is 9.97. The first kappa shape index (κ1) is 19.5. The summed E-state index contributed by atoms with van der Waals surface area (Å²) in [7, 11) is 1.82. The van der Waals surface area contributed by atoms with Gasteiger partial charge < -0.3 is 19.7 Å². The molecule has 1 aliphatic heterocycles. The van der Waals surface area contributed by atoms with Gasteiger partial charge in [-0.25, -0.2) is 0 Å². The smallest absolute Gasteiger partial charge is 0.271 e. The van der Waals surface area contributed by atoms with E-state index in [1.807, 2.05) is 33.2 Å². The molecule has 148 valence electrons. The second-order valence-electron chi connectivity index (χ2n) is 7.56. The minimum atomic E-state index is -0.529. The molecule has 2 heterocycles. The molecule has 7 heteroatoms. The van der Waals surface area contributed by atoms with E-state index in [0.717, 1.165) is 19.3 Å². The zero-order valence-corrected chi connectivity index (χ0v) is 16.5. The number of carbonyl (C=O) groups is 3. The number of aryl methyl sites for hydroxylation is 1. The fourth-order valence-electron chi connectivity index (χ4n) is 3.97. The molecule has 2 unspecified atom stereocenters. The van der Waals surface area contributed by atoms with E-state index in [2.05, 4.69) is 5.32 Å². The number of carbonyl (C=O) groups excluding carboxylic acids is 3. The van der Waals surface area contributed by atoms with Gasteiger partial charge in [-0.2, -0.15) is 0 Å². The second kappa shape index (κ2) is 8.15. The molecular weight excluding hydrogens is 344 g/mol. The summed E-state index contributed by atoms with van der Waals surface area (Å²) >= 11 is 0. The van der Waals surface area contributed by atoms with Crippen LogP contribution in [0.3, 0.4) is 0 Å². The number of likely N-dealkylation sites (tertiary alicyclic amines) is 1. The number of nitrogens with one attached hydrogen (secondary N) is 1. The molecule has 0 bridgehead atoms. The number of likely N-dealkylation sites (N-methyl/N-ethyl adjacent to an activating group) is 1. The molecular formula is C20H30N4O3. The fourth-order valence-corrected chi connectivity index (χ4v) is 3.97. The third-order valence-electron chi connectivity index (χ3n) is 5.91. The highest BCUT2D eigenvalue weighted by Gasteiger charge is 2.42. The molecule has 1 aromatic rings. The maximum absolute atomic E-state index is 13.1. The largest absolute Gasteiger partial charge is 0.351 e. The molecule has 0 radical (unpaired) electrons. The normalized spacial score (nSPS) is 22.4. The van der Waals surface area contributed by atoms with Gasteiger partial charge in [-0.15, -0.1) is 0 Å². The van der Waals surface area contributed by atoms with Crippen LogP contribution in [-0.2, 0) is 16.6 Å². The number of amides is 3. The van der Waals surface area contributed by atoms with Crippen molar-refractivity contribution in [2.45, 2.75) is 51.6 Å². The van der Waals surface area contributed by atoms with E-state index < -0.39 is 6.04 Å². The van der Waals surface area contributed by atoms with Gasteiger partial charge in [0.1, 0.15) is 11.7 Å². The first-order chi connectivity index (χ1) is 13.0. The van der Waals surface area contributed by atoms with Crippen molar-refractivity contribution in [3.8, 4) is 0 Å². The highest BCUT2D eigenvalue weighted by molar-refractivity contribution is 5.97. The molecule has 1 aliphatic carbocycles. The van der Waals surface area contributed by atoms with Crippen molar-refractivity contribution >= 4 is 17.7 Å².